The lowest BCUT2D eigenvalue weighted by Crippen LogP contribution is -2.36. The summed E-state index contributed by atoms with van der Waals surface area (Å²) in [5, 5.41) is 6.24. The molecule has 4 nitrogen and oxygen atoms in total. The average Bonchev–Trinajstić information content (AvgIpc) is 2.56. The Morgan fingerprint density at radius 3 is 2.68 bits per heavy atom. The van der Waals surface area contributed by atoms with Crippen LogP contribution in [-0.2, 0) is 11.2 Å². The van der Waals surface area contributed by atoms with Gasteiger partial charge in [-0.25, -0.2) is 0 Å². The number of hydrogen-bond donors (Lipinski definition) is 2. The van der Waals surface area contributed by atoms with E-state index in [9.17, 15) is 18.0 Å². The van der Waals surface area contributed by atoms with Crippen molar-refractivity contribution < 1.29 is 22.7 Å². The number of piperidine rings is 1. The van der Waals surface area contributed by atoms with Crippen molar-refractivity contribution in [1.82, 2.24) is 10.6 Å². The van der Waals surface area contributed by atoms with Gasteiger partial charge in [-0.2, -0.15) is 0 Å². The van der Waals surface area contributed by atoms with Gasteiger partial charge in [0.1, 0.15) is 5.75 Å². The molecule has 0 spiro atoms. The maximum atomic E-state index is 12.1. The first-order valence-corrected chi connectivity index (χ1v) is 8.65. The maximum Gasteiger partial charge on any atom is 0.573 e. The van der Waals surface area contributed by atoms with Gasteiger partial charge in [0.15, 0.2) is 0 Å². The highest BCUT2D eigenvalue weighted by molar-refractivity contribution is 5.76. The average molecular weight is 358 g/mol. The van der Waals surface area contributed by atoms with E-state index < -0.39 is 6.36 Å². The fourth-order valence-corrected chi connectivity index (χ4v) is 3.10. The van der Waals surface area contributed by atoms with Crippen LogP contribution in [-0.4, -0.2) is 31.9 Å². The highest BCUT2D eigenvalue weighted by atomic mass is 19.4. The normalized spacial score (nSPS) is 19.3. The molecule has 1 aromatic rings. The largest absolute Gasteiger partial charge is 0.573 e. The molecular weight excluding hydrogens is 333 g/mol. The quantitative estimate of drug-likeness (QED) is 0.787. The summed E-state index contributed by atoms with van der Waals surface area (Å²) in [6, 6.07) is 5.71. The molecule has 25 heavy (non-hydrogen) atoms. The number of alkyl halides is 3. The van der Waals surface area contributed by atoms with Gasteiger partial charge in [0.2, 0.25) is 5.91 Å². The second-order valence-electron chi connectivity index (χ2n) is 6.58. The van der Waals surface area contributed by atoms with Crippen LogP contribution >= 0.6 is 0 Å². The van der Waals surface area contributed by atoms with Gasteiger partial charge in [0.25, 0.3) is 0 Å². The molecule has 1 heterocycles. The summed E-state index contributed by atoms with van der Waals surface area (Å²) in [6.45, 7) is 4.60. The Labute approximate surface area is 146 Å². The molecule has 2 atom stereocenters. The Morgan fingerprint density at radius 1 is 1.36 bits per heavy atom. The Balaban J connectivity index is 1.68. The Morgan fingerprint density at radius 2 is 2.08 bits per heavy atom. The van der Waals surface area contributed by atoms with Crippen LogP contribution in [0.1, 0.15) is 31.7 Å². The van der Waals surface area contributed by atoms with Gasteiger partial charge in [-0.15, -0.1) is 13.2 Å². The summed E-state index contributed by atoms with van der Waals surface area (Å²) in [6.07, 6.45) is -1.29. The van der Waals surface area contributed by atoms with Crippen LogP contribution in [0.5, 0.6) is 5.75 Å². The highest BCUT2D eigenvalue weighted by Gasteiger charge is 2.30. The van der Waals surface area contributed by atoms with Gasteiger partial charge in [-0.1, -0.05) is 19.1 Å². The molecule has 2 N–H and O–H groups in total. The zero-order valence-corrected chi connectivity index (χ0v) is 14.4. The number of amides is 1. The van der Waals surface area contributed by atoms with Crippen LogP contribution in [0.3, 0.4) is 0 Å². The van der Waals surface area contributed by atoms with Gasteiger partial charge in [-0.05, 0) is 61.9 Å². The van der Waals surface area contributed by atoms with Gasteiger partial charge in [0.05, 0.1) is 0 Å². The molecule has 0 aromatic heterocycles. The summed E-state index contributed by atoms with van der Waals surface area (Å²) >= 11 is 0. The number of carbonyl (C=O) groups excluding carboxylic acids is 1. The molecule has 1 aliphatic heterocycles. The van der Waals surface area contributed by atoms with Gasteiger partial charge in [-0.3, -0.25) is 4.79 Å². The third-order valence-electron chi connectivity index (χ3n) is 4.54. The molecule has 1 saturated heterocycles. The van der Waals surface area contributed by atoms with Crippen molar-refractivity contribution in [3.05, 3.63) is 29.8 Å². The number of halogens is 3. The van der Waals surface area contributed by atoms with E-state index in [-0.39, 0.29) is 11.7 Å². The summed E-state index contributed by atoms with van der Waals surface area (Å²) in [5.41, 5.74) is 0.847. The fraction of sp³-hybridized carbons (Fsp3) is 0.611. The van der Waals surface area contributed by atoms with Crippen molar-refractivity contribution in [3.63, 3.8) is 0 Å². The lowest BCUT2D eigenvalue weighted by molar-refractivity contribution is -0.274. The van der Waals surface area contributed by atoms with E-state index in [2.05, 4.69) is 22.3 Å². The Kier molecular flexibility index (Phi) is 7.11. The minimum atomic E-state index is -4.68. The van der Waals surface area contributed by atoms with E-state index in [1.54, 1.807) is 12.1 Å². The molecule has 1 aliphatic rings. The summed E-state index contributed by atoms with van der Waals surface area (Å²) in [5.74, 6) is 0.664. The van der Waals surface area contributed by atoms with E-state index in [0.717, 1.165) is 31.5 Å². The van der Waals surface area contributed by atoms with E-state index in [4.69, 9.17) is 0 Å². The number of benzene rings is 1. The number of carbonyl (C=O) groups is 1. The van der Waals surface area contributed by atoms with E-state index in [1.165, 1.54) is 12.1 Å². The smallest absolute Gasteiger partial charge is 0.406 e. The molecule has 0 aliphatic carbocycles. The first kappa shape index (κ1) is 19.6. The van der Waals surface area contributed by atoms with E-state index >= 15 is 0 Å². The van der Waals surface area contributed by atoms with Crippen LogP contribution in [0.4, 0.5) is 13.2 Å². The topological polar surface area (TPSA) is 50.4 Å². The van der Waals surface area contributed by atoms with Gasteiger partial charge >= 0.3 is 6.36 Å². The van der Waals surface area contributed by atoms with Crippen molar-refractivity contribution in [1.29, 1.82) is 0 Å². The Bertz CT molecular complexity index is 540. The predicted octanol–water partition coefficient (Wildman–Crippen LogP) is 3.27. The van der Waals surface area contributed by atoms with Crippen molar-refractivity contribution >= 4 is 5.91 Å². The lowest BCUT2D eigenvalue weighted by atomic mass is 9.85. The van der Waals surface area contributed by atoms with Crippen molar-refractivity contribution in [2.75, 3.05) is 19.6 Å². The van der Waals surface area contributed by atoms with E-state index in [1.807, 2.05) is 0 Å². The van der Waals surface area contributed by atoms with Crippen molar-refractivity contribution in [2.45, 2.75) is 39.0 Å². The third kappa shape index (κ3) is 7.34. The molecule has 0 radical (unpaired) electrons. The standard InChI is InChI=1S/C18H25F3N2O2/c1-13(15-3-2-9-22-12-15)11-17(24)23-10-8-14-4-6-16(7-5-14)25-18(19,20)21/h4-7,13,15,22H,2-3,8-12H2,1H3,(H,23,24). The zero-order chi connectivity index (χ0) is 18.3. The SMILES string of the molecule is CC(CC(=O)NCCc1ccc(OC(F)(F)F)cc1)C1CCCNC1. The van der Waals surface area contributed by atoms with Crippen LogP contribution in [0.15, 0.2) is 24.3 Å². The number of ether oxygens (including phenoxy) is 1. The molecule has 0 bridgehead atoms. The summed E-state index contributed by atoms with van der Waals surface area (Å²) in [4.78, 5) is 12.0. The van der Waals surface area contributed by atoms with Gasteiger partial charge in [0, 0.05) is 13.0 Å². The molecule has 2 unspecified atom stereocenters. The van der Waals surface area contributed by atoms with Crippen LogP contribution in [0, 0.1) is 11.8 Å². The van der Waals surface area contributed by atoms with Crippen molar-refractivity contribution in [2.24, 2.45) is 11.8 Å². The molecule has 2 rings (SSSR count). The fourth-order valence-electron chi connectivity index (χ4n) is 3.10. The molecule has 1 aromatic carbocycles. The predicted molar refractivity (Wildman–Crippen MR) is 89.2 cm³/mol. The minimum Gasteiger partial charge on any atom is -0.406 e. The van der Waals surface area contributed by atoms with E-state index in [0.29, 0.717) is 31.2 Å². The number of rotatable bonds is 7. The summed E-state index contributed by atoms with van der Waals surface area (Å²) < 4.78 is 40.1. The van der Waals surface area contributed by atoms with Crippen LogP contribution in [0.2, 0.25) is 0 Å². The molecule has 140 valence electrons. The monoisotopic (exact) mass is 358 g/mol. The molecule has 1 amide bonds. The van der Waals surface area contributed by atoms with Crippen molar-refractivity contribution in [3.8, 4) is 5.75 Å². The summed E-state index contributed by atoms with van der Waals surface area (Å²) in [7, 11) is 0. The van der Waals surface area contributed by atoms with Crippen LogP contribution in [0.25, 0.3) is 0 Å². The van der Waals surface area contributed by atoms with Gasteiger partial charge < -0.3 is 15.4 Å². The number of hydrogen-bond acceptors (Lipinski definition) is 3. The number of nitrogens with one attached hydrogen (secondary N) is 2. The maximum absolute atomic E-state index is 12.1. The second kappa shape index (κ2) is 9.08. The third-order valence-corrected chi connectivity index (χ3v) is 4.54. The molecule has 7 heteroatoms. The minimum absolute atomic E-state index is 0.0232. The highest BCUT2D eigenvalue weighted by Crippen LogP contribution is 2.23. The van der Waals surface area contributed by atoms with Crippen LogP contribution < -0.4 is 15.4 Å². The molecular formula is C18H25F3N2O2. The zero-order valence-electron chi connectivity index (χ0n) is 14.4. The lowest BCUT2D eigenvalue weighted by Gasteiger charge is -2.28. The first-order valence-electron chi connectivity index (χ1n) is 8.65. The first-order chi connectivity index (χ1) is 11.8. The molecule has 0 saturated carbocycles. The second-order valence-corrected chi connectivity index (χ2v) is 6.58. The Hall–Kier alpha value is -1.76. The molecule has 1 fully saturated rings.